The minimum Gasteiger partial charge on any atom is -0.350 e. The van der Waals surface area contributed by atoms with Gasteiger partial charge in [-0.25, -0.2) is 0 Å². The van der Waals surface area contributed by atoms with Crippen molar-refractivity contribution in [3.8, 4) is 10.7 Å². The molecule has 3 rings (SSSR count). The Morgan fingerprint density at radius 1 is 1.27 bits per heavy atom. The van der Waals surface area contributed by atoms with E-state index in [-0.39, 0.29) is 12.5 Å². The Bertz CT molecular complexity index is 927. The van der Waals surface area contributed by atoms with Crippen LogP contribution in [-0.4, -0.2) is 39.7 Å². The molecule has 136 valence electrons. The van der Waals surface area contributed by atoms with Crippen molar-refractivity contribution in [2.45, 2.75) is 19.6 Å². The van der Waals surface area contributed by atoms with Gasteiger partial charge in [0, 0.05) is 13.1 Å². The van der Waals surface area contributed by atoms with Crippen LogP contribution in [0.4, 0.5) is 0 Å². The maximum absolute atomic E-state index is 12.5. The number of aromatic nitrogens is 3. The van der Waals surface area contributed by atoms with Crippen molar-refractivity contribution in [3.63, 3.8) is 0 Å². The molecule has 0 aliphatic carbocycles. The average molecular weight is 388 g/mol. The second kappa shape index (κ2) is 8.39. The molecule has 1 aromatic carbocycles. The van der Waals surface area contributed by atoms with Gasteiger partial charge in [0.15, 0.2) is 10.6 Å². The second-order valence-electron chi connectivity index (χ2n) is 6.20. The number of thiophene rings is 1. The SMILES string of the molecule is CN(C)Cc1ccccc1CNC(=O)Cn1c(-c2cccs2)n[nH]c1=S. The second-order valence-corrected chi connectivity index (χ2v) is 7.53. The lowest BCUT2D eigenvalue weighted by Crippen LogP contribution is -2.28. The van der Waals surface area contributed by atoms with Crippen LogP contribution in [0, 0.1) is 4.77 Å². The van der Waals surface area contributed by atoms with E-state index in [4.69, 9.17) is 12.2 Å². The van der Waals surface area contributed by atoms with Crippen LogP contribution in [0.3, 0.4) is 0 Å². The third-order valence-corrected chi connectivity index (χ3v) is 5.06. The van der Waals surface area contributed by atoms with Crippen LogP contribution >= 0.6 is 23.6 Å². The van der Waals surface area contributed by atoms with E-state index >= 15 is 0 Å². The summed E-state index contributed by atoms with van der Waals surface area (Å²) in [5, 5.41) is 12.0. The number of amides is 1. The van der Waals surface area contributed by atoms with Gasteiger partial charge < -0.3 is 10.2 Å². The number of hydrogen-bond acceptors (Lipinski definition) is 5. The maximum Gasteiger partial charge on any atom is 0.240 e. The van der Waals surface area contributed by atoms with Gasteiger partial charge in [0.25, 0.3) is 0 Å². The van der Waals surface area contributed by atoms with Gasteiger partial charge >= 0.3 is 0 Å². The topological polar surface area (TPSA) is 66.0 Å². The van der Waals surface area contributed by atoms with E-state index in [0.717, 1.165) is 17.0 Å². The molecule has 0 radical (unpaired) electrons. The molecule has 0 bridgehead atoms. The molecule has 0 fully saturated rings. The average Bonchev–Trinajstić information content (AvgIpc) is 3.24. The van der Waals surface area contributed by atoms with Gasteiger partial charge in [0.1, 0.15) is 6.54 Å². The molecule has 0 unspecified atom stereocenters. The van der Waals surface area contributed by atoms with Crippen molar-refractivity contribution < 1.29 is 4.79 Å². The first-order valence-electron chi connectivity index (χ1n) is 8.22. The Morgan fingerprint density at radius 3 is 2.73 bits per heavy atom. The number of rotatable bonds is 7. The lowest BCUT2D eigenvalue weighted by Gasteiger charge is -2.15. The highest BCUT2D eigenvalue weighted by atomic mass is 32.1. The number of benzene rings is 1. The summed E-state index contributed by atoms with van der Waals surface area (Å²) < 4.78 is 2.17. The molecule has 6 nitrogen and oxygen atoms in total. The van der Waals surface area contributed by atoms with Crippen molar-refractivity contribution in [1.82, 2.24) is 25.0 Å². The van der Waals surface area contributed by atoms with Gasteiger partial charge in [-0.15, -0.1) is 11.3 Å². The van der Waals surface area contributed by atoms with Crippen molar-refractivity contribution in [3.05, 3.63) is 57.7 Å². The first-order chi connectivity index (χ1) is 12.5. The van der Waals surface area contributed by atoms with Crippen molar-refractivity contribution in [2.75, 3.05) is 14.1 Å². The Balaban J connectivity index is 1.68. The van der Waals surface area contributed by atoms with Gasteiger partial charge in [0.05, 0.1) is 4.88 Å². The molecular formula is C18H21N5OS2. The molecular weight excluding hydrogens is 366 g/mol. The standard InChI is InChI=1S/C18H21N5OS2/c1-22(2)11-14-7-4-3-6-13(14)10-19-16(24)12-23-17(20-21-18(23)25)15-8-5-9-26-15/h3-9H,10-12H2,1-2H3,(H,19,24)(H,21,25). The summed E-state index contributed by atoms with van der Waals surface area (Å²) in [7, 11) is 4.06. The number of carbonyl (C=O) groups is 1. The highest BCUT2D eigenvalue weighted by Crippen LogP contribution is 2.22. The van der Waals surface area contributed by atoms with Crippen LogP contribution in [0.1, 0.15) is 11.1 Å². The van der Waals surface area contributed by atoms with Crippen LogP contribution in [-0.2, 0) is 24.4 Å². The van der Waals surface area contributed by atoms with Gasteiger partial charge in [-0.3, -0.25) is 14.5 Å². The van der Waals surface area contributed by atoms with Crippen molar-refractivity contribution >= 4 is 29.5 Å². The maximum atomic E-state index is 12.5. The van der Waals surface area contributed by atoms with Crippen LogP contribution in [0.15, 0.2) is 41.8 Å². The van der Waals surface area contributed by atoms with E-state index < -0.39 is 0 Å². The van der Waals surface area contributed by atoms with Crippen LogP contribution < -0.4 is 5.32 Å². The zero-order chi connectivity index (χ0) is 18.5. The van der Waals surface area contributed by atoms with Crippen LogP contribution in [0.2, 0.25) is 0 Å². The molecule has 0 saturated carbocycles. The molecule has 26 heavy (non-hydrogen) atoms. The lowest BCUT2D eigenvalue weighted by molar-refractivity contribution is -0.121. The molecule has 0 aliphatic heterocycles. The zero-order valence-corrected chi connectivity index (χ0v) is 16.4. The summed E-state index contributed by atoms with van der Waals surface area (Å²) in [6.07, 6.45) is 0. The summed E-state index contributed by atoms with van der Waals surface area (Å²) in [6, 6.07) is 12.0. The first kappa shape index (κ1) is 18.5. The summed E-state index contributed by atoms with van der Waals surface area (Å²) in [4.78, 5) is 15.5. The minimum absolute atomic E-state index is 0.0973. The molecule has 2 N–H and O–H groups in total. The third-order valence-electron chi connectivity index (χ3n) is 3.88. The lowest BCUT2D eigenvalue weighted by atomic mass is 10.1. The predicted molar refractivity (Wildman–Crippen MR) is 106 cm³/mol. The summed E-state index contributed by atoms with van der Waals surface area (Å²) in [6.45, 7) is 1.46. The van der Waals surface area contributed by atoms with Crippen LogP contribution in [0.25, 0.3) is 10.7 Å². The van der Waals surface area contributed by atoms with Gasteiger partial charge in [-0.1, -0.05) is 30.3 Å². The fourth-order valence-electron chi connectivity index (χ4n) is 2.68. The van der Waals surface area contributed by atoms with Crippen LogP contribution in [0.5, 0.6) is 0 Å². The number of H-pyrrole nitrogens is 1. The van der Waals surface area contributed by atoms with E-state index in [1.807, 2.05) is 49.8 Å². The van der Waals surface area contributed by atoms with E-state index in [1.54, 1.807) is 15.9 Å². The van der Waals surface area contributed by atoms with Gasteiger partial charge in [-0.05, 0) is 48.9 Å². The number of aromatic amines is 1. The fourth-order valence-corrected chi connectivity index (χ4v) is 3.60. The van der Waals surface area contributed by atoms with Crippen molar-refractivity contribution in [1.29, 1.82) is 0 Å². The van der Waals surface area contributed by atoms with E-state index in [2.05, 4.69) is 26.5 Å². The predicted octanol–water partition coefficient (Wildman–Crippen LogP) is 3.05. The van der Waals surface area contributed by atoms with E-state index in [9.17, 15) is 4.79 Å². The smallest absolute Gasteiger partial charge is 0.240 e. The normalized spacial score (nSPS) is 11.0. The minimum atomic E-state index is -0.0973. The van der Waals surface area contributed by atoms with E-state index in [1.165, 1.54) is 5.56 Å². The third kappa shape index (κ3) is 4.46. The molecule has 8 heteroatoms. The monoisotopic (exact) mass is 387 g/mol. The molecule has 0 saturated heterocycles. The number of hydrogen-bond donors (Lipinski definition) is 2. The Labute approximate surface area is 161 Å². The van der Waals surface area contributed by atoms with Gasteiger partial charge in [0.2, 0.25) is 5.91 Å². The molecule has 0 spiro atoms. The Morgan fingerprint density at radius 2 is 2.04 bits per heavy atom. The summed E-state index contributed by atoms with van der Waals surface area (Å²) >= 11 is 6.84. The molecule has 0 aliphatic rings. The summed E-state index contributed by atoms with van der Waals surface area (Å²) in [5.41, 5.74) is 2.32. The quantitative estimate of drug-likeness (QED) is 0.612. The first-order valence-corrected chi connectivity index (χ1v) is 9.50. The van der Waals surface area contributed by atoms with Gasteiger partial charge in [-0.2, -0.15) is 5.10 Å². The number of carbonyl (C=O) groups excluding carboxylic acids is 1. The highest BCUT2D eigenvalue weighted by Gasteiger charge is 2.13. The Hall–Kier alpha value is -2.29. The Kier molecular flexibility index (Phi) is 5.97. The molecule has 1 amide bonds. The largest absolute Gasteiger partial charge is 0.350 e. The molecule has 0 atom stereocenters. The highest BCUT2D eigenvalue weighted by molar-refractivity contribution is 7.71. The molecule has 2 aromatic heterocycles. The zero-order valence-electron chi connectivity index (χ0n) is 14.7. The number of nitrogens with zero attached hydrogens (tertiary/aromatic N) is 3. The number of nitrogens with one attached hydrogen (secondary N) is 2. The molecule has 3 aromatic rings. The summed E-state index contributed by atoms with van der Waals surface area (Å²) in [5.74, 6) is 0.591. The van der Waals surface area contributed by atoms with E-state index in [0.29, 0.717) is 17.1 Å². The molecule has 2 heterocycles. The fraction of sp³-hybridized carbons (Fsp3) is 0.278. The van der Waals surface area contributed by atoms with Crippen molar-refractivity contribution in [2.24, 2.45) is 0 Å².